The van der Waals surface area contributed by atoms with Gasteiger partial charge in [-0.3, -0.25) is 14.4 Å². The normalized spacial score (nSPS) is 20.2. The van der Waals surface area contributed by atoms with Crippen molar-refractivity contribution in [3.05, 3.63) is 34.4 Å². The van der Waals surface area contributed by atoms with Crippen LogP contribution in [0, 0.1) is 37.0 Å². The molecular formula is C25H28F3NO3. The Labute approximate surface area is 186 Å². The molecule has 0 radical (unpaired) electrons. The van der Waals surface area contributed by atoms with Crippen molar-refractivity contribution in [3.63, 3.8) is 0 Å². The van der Waals surface area contributed by atoms with Gasteiger partial charge in [0.25, 0.3) is 0 Å². The van der Waals surface area contributed by atoms with Crippen molar-refractivity contribution < 1.29 is 27.6 Å². The first-order chi connectivity index (χ1) is 14.9. The summed E-state index contributed by atoms with van der Waals surface area (Å²) in [5.41, 5.74) is 2.71. The zero-order valence-electron chi connectivity index (χ0n) is 18.9. The summed E-state index contributed by atoms with van der Waals surface area (Å²) in [5.74, 6) is 1.74. The van der Waals surface area contributed by atoms with Gasteiger partial charge in [0, 0.05) is 31.5 Å². The van der Waals surface area contributed by atoms with Gasteiger partial charge in [0.2, 0.25) is 5.91 Å². The van der Waals surface area contributed by atoms with E-state index in [9.17, 15) is 27.6 Å². The van der Waals surface area contributed by atoms with Crippen LogP contribution in [0.5, 0.6) is 0 Å². The molecule has 0 bridgehead atoms. The minimum atomic E-state index is -4.58. The third kappa shape index (κ3) is 4.60. The summed E-state index contributed by atoms with van der Waals surface area (Å²) in [6.45, 7) is 6.63. The molecule has 1 spiro atoms. The van der Waals surface area contributed by atoms with Gasteiger partial charge in [-0.15, -0.1) is 5.92 Å². The molecule has 1 amide bonds. The van der Waals surface area contributed by atoms with Crippen LogP contribution in [0.2, 0.25) is 0 Å². The molecule has 172 valence electrons. The zero-order valence-corrected chi connectivity index (χ0v) is 18.9. The van der Waals surface area contributed by atoms with Gasteiger partial charge in [0.05, 0.1) is 0 Å². The van der Waals surface area contributed by atoms with Crippen LogP contribution in [-0.4, -0.2) is 41.6 Å². The summed E-state index contributed by atoms with van der Waals surface area (Å²) in [6, 6.07) is 3.77. The van der Waals surface area contributed by atoms with Gasteiger partial charge in [0.15, 0.2) is 0 Å². The lowest BCUT2D eigenvalue weighted by Gasteiger charge is -2.45. The number of ketones is 2. The second-order valence-electron chi connectivity index (χ2n) is 9.21. The van der Waals surface area contributed by atoms with Crippen LogP contribution < -0.4 is 0 Å². The van der Waals surface area contributed by atoms with E-state index in [4.69, 9.17) is 0 Å². The number of carbonyl (C=O) groups is 3. The number of aryl methyl sites for hydroxylation is 2. The SMILES string of the molecule is CC#Cc1cc(C)c(C2C(=O)CC3(CCN(C(=O)C(C)C(F)(F)F)CC3)CC2=O)c(C)c1. The number of likely N-dealkylation sites (tertiary alicyclic amines) is 1. The van der Waals surface area contributed by atoms with E-state index in [1.54, 1.807) is 6.92 Å². The lowest BCUT2D eigenvalue weighted by molar-refractivity contribution is -0.186. The second kappa shape index (κ2) is 8.73. The molecule has 1 saturated carbocycles. The third-order valence-electron chi connectivity index (χ3n) is 6.89. The minimum absolute atomic E-state index is 0.132. The van der Waals surface area contributed by atoms with Crippen molar-refractivity contribution in [2.45, 2.75) is 65.5 Å². The standard InChI is InChI=1S/C25H28F3NO3/c1-5-6-18-11-15(2)21(16(3)12-18)22-19(30)13-24(14-20(22)31)7-9-29(10-8-24)23(32)17(4)25(26,27)28/h11-12,17,22H,7-10,13-14H2,1-4H3. The van der Waals surface area contributed by atoms with Crippen LogP contribution in [0.4, 0.5) is 13.2 Å². The average Bonchev–Trinajstić information content (AvgIpc) is 2.68. The first kappa shape index (κ1) is 24.0. The maximum Gasteiger partial charge on any atom is 0.400 e. The number of piperidine rings is 1. The Kier molecular flexibility index (Phi) is 6.55. The fourth-order valence-electron chi connectivity index (χ4n) is 5.12. The molecule has 7 heteroatoms. The van der Waals surface area contributed by atoms with Crippen molar-refractivity contribution in [1.29, 1.82) is 0 Å². The van der Waals surface area contributed by atoms with Crippen LogP contribution >= 0.6 is 0 Å². The van der Waals surface area contributed by atoms with Crippen molar-refractivity contribution >= 4 is 17.5 Å². The van der Waals surface area contributed by atoms with E-state index < -0.39 is 29.3 Å². The Morgan fingerprint density at radius 2 is 1.59 bits per heavy atom. The fourth-order valence-corrected chi connectivity index (χ4v) is 5.12. The first-order valence-corrected chi connectivity index (χ1v) is 10.8. The number of nitrogens with zero attached hydrogens (tertiary/aromatic N) is 1. The number of rotatable bonds is 2. The number of Topliss-reactive ketones (excluding diaryl/α,β-unsaturated/α-hetero) is 2. The van der Waals surface area contributed by atoms with Crippen molar-refractivity contribution in [1.82, 2.24) is 4.90 Å². The molecular weight excluding hydrogens is 419 g/mol. The topological polar surface area (TPSA) is 54.5 Å². The summed E-state index contributed by atoms with van der Waals surface area (Å²) in [4.78, 5) is 39.7. The number of hydrogen-bond acceptors (Lipinski definition) is 3. The molecule has 0 aromatic heterocycles. The molecule has 2 aliphatic rings. The highest BCUT2D eigenvalue weighted by atomic mass is 19.4. The number of carbonyl (C=O) groups excluding carboxylic acids is 3. The van der Waals surface area contributed by atoms with Gasteiger partial charge in [-0.05, 0) is 74.8 Å². The lowest BCUT2D eigenvalue weighted by atomic mass is 9.62. The Morgan fingerprint density at radius 3 is 2.03 bits per heavy atom. The van der Waals surface area contributed by atoms with Gasteiger partial charge in [0.1, 0.15) is 23.4 Å². The number of hydrogen-bond donors (Lipinski definition) is 0. The highest BCUT2D eigenvalue weighted by Gasteiger charge is 2.49. The molecule has 1 atom stereocenters. The molecule has 1 aromatic rings. The van der Waals surface area contributed by atoms with E-state index in [1.165, 1.54) is 4.90 Å². The van der Waals surface area contributed by atoms with Crippen LogP contribution in [-0.2, 0) is 14.4 Å². The number of amides is 1. The van der Waals surface area contributed by atoms with Crippen LogP contribution in [0.3, 0.4) is 0 Å². The summed E-state index contributed by atoms with van der Waals surface area (Å²) >= 11 is 0. The van der Waals surface area contributed by atoms with Crippen molar-refractivity contribution in [3.8, 4) is 11.8 Å². The first-order valence-electron chi connectivity index (χ1n) is 10.8. The predicted octanol–water partition coefficient (Wildman–Crippen LogP) is 4.50. The molecule has 4 nitrogen and oxygen atoms in total. The fraction of sp³-hybridized carbons (Fsp3) is 0.560. The van der Waals surface area contributed by atoms with E-state index in [0.717, 1.165) is 29.2 Å². The van der Waals surface area contributed by atoms with Crippen LogP contribution in [0.15, 0.2) is 12.1 Å². The average molecular weight is 447 g/mol. The van der Waals surface area contributed by atoms with Crippen LogP contribution in [0.25, 0.3) is 0 Å². The van der Waals surface area contributed by atoms with Gasteiger partial charge in [-0.25, -0.2) is 0 Å². The van der Waals surface area contributed by atoms with E-state index in [1.807, 2.05) is 26.0 Å². The largest absolute Gasteiger partial charge is 0.400 e. The van der Waals surface area contributed by atoms with E-state index in [0.29, 0.717) is 12.8 Å². The van der Waals surface area contributed by atoms with Crippen LogP contribution in [0.1, 0.15) is 67.7 Å². The molecule has 3 rings (SSSR count). The maximum atomic E-state index is 13.2. The number of alkyl halides is 3. The lowest BCUT2D eigenvalue weighted by Crippen LogP contribution is -2.50. The highest BCUT2D eigenvalue weighted by molar-refractivity contribution is 6.10. The molecule has 1 aliphatic carbocycles. The van der Waals surface area contributed by atoms with Crippen molar-refractivity contribution in [2.24, 2.45) is 11.3 Å². The van der Waals surface area contributed by atoms with E-state index in [2.05, 4.69) is 11.8 Å². The quantitative estimate of drug-likeness (QED) is 0.496. The molecule has 1 aliphatic heterocycles. The van der Waals surface area contributed by atoms with Gasteiger partial charge < -0.3 is 4.90 Å². The smallest absolute Gasteiger partial charge is 0.342 e. The summed E-state index contributed by atoms with van der Waals surface area (Å²) in [6.07, 6.45) is -3.46. The molecule has 1 heterocycles. The summed E-state index contributed by atoms with van der Waals surface area (Å²) in [7, 11) is 0. The predicted molar refractivity (Wildman–Crippen MR) is 114 cm³/mol. The second-order valence-corrected chi connectivity index (χ2v) is 9.21. The highest BCUT2D eigenvalue weighted by Crippen LogP contribution is 2.47. The number of benzene rings is 1. The third-order valence-corrected chi connectivity index (χ3v) is 6.89. The summed E-state index contributed by atoms with van der Waals surface area (Å²) in [5, 5.41) is 0. The maximum absolute atomic E-state index is 13.2. The minimum Gasteiger partial charge on any atom is -0.342 e. The Bertz CT molecular complexity index is 964. The van der Waals surface area contributed by atoms with Crippen molar-refractivity contribution in [2.75, 3.05) is 13.1 Å². The molecule has 1 unspecified atom stereocenters. The molecule has 0 N–H and O–H groups in total. The van der Waals surface area contributed by atoms with Gasteiger partial charge in [-0.2, -0.15) is 13.2 Å². The molecule has 1 saturated heterocycles. The van der Waals surface area contributed by atoms with E-state index in [-0.39, 0.29) is 37.5 Å². The van der Waals surface area contributed by atoms with E-state index >= 15 is 0 Å². The Balaban J connectivity index is 1.75. The molecule has 32 heavy (non-hydrogen) atoms. The number of halogens is 3. The summed E-state index contributed by atoms with van der Waals surface area (Å²) < 4.78 is 38.7. The monoisotopic (exact) mass is 447 g/mol. The molecule has 2 fully saturated rings. The Morgan fingerprint density at radius 1 is 1.09 bits per heavy atom. The van der Waals surface area contributed by atoms with Gasteiger partial charge in [-0.1, -0.05) is 5.92 Å². The Hall–Kier alpha value is -2.62. The zero-order chi connectivity index (χ0) is 23.8. The van der Waals surface area contributed by atoms with Gasteiger partial charge >= 0.3 is 6.18 Å². The molecule has 1 aromatic carbocycles.